The van der Waals surface area contributed by atoms with Gasteiger partial charge in [0, 0.05) is 7.05 Å². The van der Waals surface area contributed by atoms with Crippen molar-refractivity contribution in [2.45, 2.75) is 18.0 Å². The van der Waals surface area contributed by atoms with Crippen LogP contribution in [0.2, 0.25) is 0 Å². The highest BCUT2D eigenvalue weighted by Gasteiger charge is 2.11. The molecule has 0 saturated carbocycles. The van der Waals surface area contributed by atoms with Crippen LogP contribution in [-0.2, 0) is 7.05 Å². The first-order chi connectivity index (χ1) is 6.09. The Kier molecular flexibility index (Phi) is 3.67. The Morgan fingerprint density at radius 2 is 2.38 bits per heavy atom. The van der Waals surface area contributed by atoms with Crippen LogP contribution < -0.4 is 0 Å². The third kappa shape index (κ3) is 3.31. The maximum atomic E-state index is 11.9. The lowest BCUT2D eigenvalue weighted by molar-refractivity contribution is 0.159. The SMILES string of the molecule is Cn1nnnc1SC(=S)CC(F)F. The number of thiocarbonyl (C=S) groups is 1. The van der Waals surface area contributed by atoms with E-state index in [0.29, 0.717) is 5.16 Å². The van der Waals surface area contributed by atoms with Gasteiger partial charge in [-0.25, -0.2) is 13.5 Å². The molecule has 1 heterocycles. The van der Waals surface area contributed by atoms with Crippen molar-refractivity contribution in [2.24, 2.45) is 7.05 Å². The summed E-state index contributed by atoms with van der Waals surface area (Å²) in [5, 5.41) is 10.9. The van der Waals surface area contributed by atoms with Gasteiger partial charge < -0.3 is 0 Å². The number of aryl methyl sites for hydroxylation is 1. The Hall–Kier alpha value is -0.630. The molecule has 72 valence electrons. The molecule has 0 saturated heterocycles. The minimum atomic E-state index is -2.42. The van der Waals surface area contributed by atoms with Gasteiger partial charge in [0.05, 0.1) is 10.6 Å². The molecule has 0 atom stereocenters. The molecule has 0 fully saturated rings. The second-order valence-corrected chi connectivity index (χ2v) is 3.97. The monoisotopic (exact) mass is 224 g/mol. The van der Waals surface area contributed by atoms with E-state index >= 15 is 0 Å². The van der Waals surface area contributed by atoms with Gasteiger partial charge in [0.25, 0.3) is 0 Å². The molecule has 0 radical (unpaired) electrons. The van der Waals surface area contributed by atoms with E-state index in [0.717, 1.165) is 11.8 Å². The van der Waals surface area contributed by atoms with Gasteiger partial charge in [0.1, 0.15) is 0 Å². The standard InChI is InChI=1S/C5H6F2N4S2/c1-11-5(8-9-10-11)13-4(12)2-3(6)7/h3H,2H2,1H3. The summed E-state index contributed by atoms with van der Waals surface area (Å²) in [4.78, 5) is 0. The lowest BCUT2D eigenvalue weighted by Gasteiger charge is -1.99. The van der Waals surface area contributed by atoms with Crippen molar-refractivity contribution in [1.29, 1.82) is 0 Å². The molecule has 1 rings (SSSR count). The van der Waals surface area contributed by atoms with Crippen molar-refractivity contribution in [3.05, 3.63) is 0 Å². The van der Waals surface area contributed by atoms with Crippen molar-refractivity contribution in [2.75, 3.05) is 0 Å². The second kappa shape index (κ2) is 4.56. The molecule has 0 aliphatic rings. The van der Waals surface area contributed by atoms with Gasteiger partial charge in [0.15, 0.2) is 0 Å². The van der Waals surface area contributed by atoms with Crippen molar-refractivity contribution < 1.29 is 8.78 Å². The number of tetrazole rings is 1. The maximum Gasteiger partial charge on any atom is 0.244 e. The van der Waals surface area contributed by atoms with Crippen molar-refractivity contribution in [3.63, 3.8) is 0 Å². The van der Waals surface area contributed by atoms with E-state index in [-0.39, 0.29) is 4.20 Å². The fourth-order valence-corrected chi connectivity index (χ4v) is 1.59. The Morgan fingerprint density at radius 3 is 2.85 bits per heavy atom. The average molecular weight is 224 g/mol. The average Bonchev–Trinajstić information content (AvgIpc) is 2.34. The number of hydrogen-bond donors (Lipinski definition) is 0. The van der Waals surface area contributed by atoms with Crippen LogP contribution in [0.15, 0.2) is 5.16 Å². The molecule has 0 aliphatic heterocycles. The number of rotatable bonds is 3. The van der Waals surface area contributed by atoms with E-state index in [1.165, 1.54) is 4.68 Å². The third-order valence-corrected chi connectivity index (χ3v) is 2.45. The Bertz CT molecular complexity index is 300. The zero-order valence-electron chi connectivity index (χ0n) is 6.65. The second-order valence-electron chi connectivity index (χ2n) is 2.15. The van der Waals surface area contributed by atoms with Crippen LogP contribution in [0, 0.1) is 0 Å². The van der Waals surface area contributed by atoms with Crippen LogP contribution in [-0.4, -0.2) is 30.8 Å². The van der Waals surface area contributed by atoms with Gasteiger partial charge in [-0.3, -0.25) is 0 Å². The summed E-state index contributed by atoms with van der Waals surface area (Å²) in [6, 6.07) is 0. The predicted molar refractivity (Wildman–Crippen MR) is 47.9 cm³/mol. The molecule has 1 aromatic heterocycles. The summed E-state index contributed by atoms with van der Waals surface area (Å²) in [5.41, 5.74) is 0. The summed E-state index contributed by atoms with van der Waals surface area (Å²) < 4.78 is 25.3. The van der Waals surface area contributed by atoms with Crippen molar-refractivity contribution in [1.82, 2.24) is 20.2 Å². The number of nitrogens with zero attached hydrogens (tertiary/aromatic N) is 4. The highest BCUT2D eigenvalue weighted by atomic mass is 32.2. The van der Waals surface area contributed by atoms with E-state index in [2.05, 4.69) is 15.5 Å². The van der Waals surface area contributed by atoms with Crippen LogP contribution in [0.4, 0.5) is 8.78 Å². The predicted octanol–water partition coefficient (Wildman–Crippen LogP) is 1.28. The van der Waals surface area contributed by atoms with Crippen LogP contribution in [0.25, 0.3) is 0 Å². The summed E-state index contributed by atoms with van der Waals surface area (Å²) in [6.07, 6.45) is -2.83. The minimum absolute atomic E-state index is 0.188. The zero-order valence-corrected chi connectivity index (χ0v) is 8.28. The van der Waals surface area contributed by atoms with Crippen LogP contribution >= 0.6 is 24.0 Å². The highest BCUT2D eigenvalue weighted by Crippen LogP contribution is 2.19. The van der Waals surface area contributed by atoms with E-state index < -0.39 is 12.8 Å². The number of hydrogen-bond acceptors (Lipinski definition) is 5. The molecule has 13 heavy (non-hydrogen) atoms. The van der Waals surface area contributed by atoms with E-state index in [9.17, 15) is 8.78 Å². The molecule has 0 aromatic carbocycles. The van der Waals surface area contributed by atoms with E-state index in [1.54, 1.807) is 7.05 Å². The lowest BCUT2D eigenvalue weighted by atomic mass is 10.5. The number of alkyl halides is 2. The molecular formula is C5H6F2N4S2. The molecule has 0 bridgehead atoms. The molecule has 0 N–H and O–H groups in total. The summed E-state index contributed by atoms with van der Waals surface area (Å²) >= 11 is 5.70. The van der Waals surface area contributed by atoms with Crippen LogP contribution in [0.5, 0.6) is 0 Å². The van der Waals surface area contributed by atoms with Gasteiger partial charge in [-0.2, -0.15) is 0 Å². The zero-order chi connectivity index (χ0) is 9.84. The van der Waals surface area contributed by atoms with Crippen molar-refractivity contribution in [3.8, 4) is 0 Å². The van der Waals surface area contributed by atoms with E-state index in [4.69, 9.17) is 12.2 Å². The van der Waals surface area contributed by atoms with Gasteiger partial charge in [-0.1, -0.05) is 12.2 Å². The van der Waals surface area contributed by atoms with Crippen molar-refractivity contribution >= 4 is 28.2 Å². The first-order valence-corrected chi connectivity index (χ1v) is 4.53. The third-order valence-electron chi connectivity index (χ3n) is 1.11. The topological polar surface area (TPSA) is 43.6 Å². The van der Waals surface area contributed by atoms with Gasteiger partial charge in [-0.15, -0.1) is 5.10 Å². The Labute approximate surface area is 82.7 Å². The molecule has 0 aliphatic carbocycles. The van der Waals surface area contributed by atoms with E-state index in [1.807, 2.05) is 0 Å². The number of halogens is 2. The molecule has 0 spiro atoms. The van der Waals surface area contributed by atoms with Crippen LogP contribution in [0.3, 0.4) is 0 Å². The first kappa shape index (κ1) is 10.5. The smallest absolute Gasteiger partial charge is 0.223 e. The fraction of sp³-hybridized carbons (Fsp3) is 0.600. The molecule has 4 nitrogen and oxygen atoms in total. The maximum absolute atomic E-state index is 11.9. The van der Waals surface area contributed by atoms with Crippen LogP contribution in [0.1, 0.15) is 6.42 Å². The minimum Gasteiger partial charge on any atom is -0.223 e. The summed E-state index contributed by atoms with van der Waals surface area (Å²) in [5.74, 6) is 0. The fourth-order valence-electron chi connectivity index (χ4n) is 0.577. The van der Waals surface area contributed by atoms with Gasteiger partial charge in [-0.05, 0) is 22.2 Å². The summed E-state index contributed by atoms with van der Waals surface area (Å²) in [7, 11) is 1.62. The normalized spacial score (nSPS) is 10.8. The lowest BCUT2D eigenvalue weighted by Crippen LogP contribution is -2.00. The van der Waals surface area contributed by atoms with Gasteiger partial charge >= 0.3 is 0 Å². The molecule has 0 amide bonds. The molecule has 8 heteroatoms. The Morgan fingerprint density at radius 1 is 1.69 bits per heavy atom. The number of aromatic nitrogens is 4. The van der Waals surface area contributed by atoms with Gasteiger partial charge in [0.2, 0.25) is 11.6 Å². The largest absolute Gasteiger partial charge is 0.244 e. The quantitative estimate of drug-likeness (QED) is 0.571. The molecular weight excluding hydrogens is 218 g/mol. The molecule has 1 aromatic rings. The highest BCUT2D eigenvalue weighted by molar-refractivity contribution is 8.23. The number of thioether (sulfide) groups is 1. The summed E-state index contributed by atoms with van der Waals surface area (Å²) in [6.45, 7) is 0. The molecule has 0 unspecified atom stereocenters. The first-order valence-electron chi connectivity index (χ1n) is 3.31. The Balaban J connectivity index is 2.50.